The number of ether oxygens (including phenoxy) is 1. The van der Waals surface area contributed by atoms with Gasteiger partial charge in [0, 0.05) is 50.7 Å². The standard InChI is InChI=1S/C21H29N5O/c1-22-21(25-14-11-18-7-5-6-12-23-18)26-16-17-10-13-24-20(15-17)27-19-8-3-2-4-9-19/h5-7,10,12-13,15,19H,2-4,8-9,11,14,16H2,1H3,(H2,22,25,26). The lowest BCUT2D eigenvalue weighted by Gasteiger charge is -2.22. The van der Waals surface area contributed by atoms with Crippen LogP contribution in [-0.4, -0.2) is 35.6 Å². The van der Waals surface area contributed by atoms with Crippen LogP contribution in [-0.2, 0) is 13.0 Å². The van der Waals surface area contributed by atoms with Gasteiger partial charge in [-0.05, 0) is 49.4 Å². The van der Waals surface area contributed by atoms with Crippen molar-refractivity contribution in [2.24, 2.45) is 4.99 Å². The third-order valence-corrected chi connectivity index (χ3v) is 4.72. The molecule has 0 spiro atoms. The third kappa shape index (κ3) is 6.55. The van der Waals surface area contributed by atoms with Gasteiger partial charge in [-0.2, -0.15) is 0 Å². The van der Waals surface area contributed by atoms with Gasteiger partial charge in [0.1, 0.15) is 6.10 Å². The number of pyridine rings is 2. The molecule has 144 valence electrons. The summed E-state index contributed by atoms with van der Waals surface area (Å²) in [6.45, 7) is 1.45. The average molecular weight is 367 g/mol. The van der Waals surface area contributed by atoms with E-state index >= 15 is 0 Å². The molecule has 0 radical (unpaired) electrons. The van der Waals surface area contributed by atoms with Crippen LogP contribution in [0.15, 0.2) is 47.7 Å². The van der Waals surface area contributed by atoms with Crippen molar-refractivity contribution < 1.29 is 4.74 Å². The van der Waals surface area contributed by atoms with Crippen molar-refractivity contribution in [3.8, 4) is 5.88 Å². The highest BCUT2D eigenvalue weighted by Gasteiger charge is 2.15. The van der Waals surface area contributed by atoms with E-state index < -0.39 is 0 Å². The highest BCUT2D eigenvalue weighted by molar-refractivity contribution is 5.79. The van der Waals surface area contributed by atoms with E-state index in [0.29, 0.717) is 12.6 Å². The molecule has 3 rings (SSSR count). The Bertz CT molecular complexity index is 714. The van der Waals surface area contributed by atoms with Crippen LogP contribution in [0, 0.1) is 0 Å². The van der Waals surface area contributed by atoms with Crippen LogP contribution < -0.4 is 15.4 Å². The molecule has 0 aliphatic heterocycles. The molecule has 2 heterocycles. The number of nitrogens with zero attached hydrogens (tertiary/aromatic N) is 3. The monoisotopic (exact) mass is 367 g/mol. The fraction of sp³-hybridized carbons (Fsp3) is 0.476. The van der Waals surface area contributed by atoms with Gasteiger partial charge in [0.05, 0.1) is 0 Å². The van der Waals surface area contributed by atoms with Crippen LogP contribution in [0.5, 0.6) is 5.88 Å². The topological polar surface area (TPSA) is 71.4 Å². The van der Waals surface area contributed by atoms with Crippen LogP contribution in [0.2, 0.25) is 0 Å². The van der Waals surface area contributed by atoms with E-state index in [1.807, 2.05) is 42.7 Å². The zero-order valence-corrected chi connectivity index (χ0v) is 16.0. The van der Waals surface area contributed by atoms with Crippen molar-refractivity contribution in [2.75, 3.05) is 13.6 Å². The summed E-state index contributed by atoms with van der Waals surface area (Å²) in [4.78, 5) is 13.0. The minimum atomic E-state index is 0.315. The lowest BCUT2D eigenvalue weighted by atomic mass is 9.98. The van der Waals surface area contributed by atoms with Gasteiger partial charge in [-0.1, -0.05) is 12.5 Å². The maximum atomic E-state index is 6.05. The Morgan fingerprint density at radius 1 is 1.11 bits per heavy atom. The Kier molecular flexibility index (Phi) is 7.45. The molecule has 0 amide bonds. The molecule has 0 unspecified atom stereocenters. The maximum absolute atomic E-state index is 6.05. The zero-order chi connectivity index (χ0) is 18.7. The minimum Gasteiger partial charge on any atom is -0.474 e. The Morgan fingerprint density at radius 2 is 2.00 bits per heavy atom. The van der Waals surface area contributed by atoms with Gasteiger partial charge in [0.25, 0.3) is 0 Å². The molecule has 1 aliphatic rings. The lowest BCUT2D eigenvalue weighted by Crippen LogP contribution is -2.37. The summed E-state index contributed by atoms with van der Waals surface area (Å²) in [5.41, 5.74) is 2.20. The molecular weight excluding hydrogens is 338 g/mol. The van der Waals surface area contributed by atoms with Gasteiger partial charge < -0.3 is 15.4 Å². The molecule has 0 saturated heterocycles. The number of aromatic nitrogens is 2. The number of hydrogen-bond acceptors (Lipinski definition) is 4. The van der Waals surface area contributed by atoms with E-state index in [1.54, 1.807) is 7.05 Å². The molecule has 1 aliphatic carbocycles. The average Bonchev–Trinajstić information content (AvgIpc) is 2.72. The predicted octanol–water partition coefficient (Wildman–Crippen LogP) is 3.10. The molecule has 0 bridgehead atoms. The van der Waals surface area contributed by atoms with Crippen LogP contribution in [0.3, 0.4) is 0 Å². The van der Waals surface area contributed by atoms with E-state index in [0.717, 1.165) is 48.9 Å². The molecule has 6 heteroatoms. The van der Waals surface area contributed by atoms with E-state index in [-0.39, 0.29) is 0 Å². The first-order valence-corrected chi connectivity index (χ1v) is 9.79. The summed E-state index contributed by atoms with van der Waals surface area (Å²) in [6, 6.07) is 9.98. The van der Waals surface area contributed by atoms with Gasteiger partial charge in [-0.3, -0.25) is 9.98 Å². The summed E-state index contributed by atoms with van der Waals surface area (Å²) in [7, 11) is 1.78. The second-order valence-electron chi connectivity index (χ2n) is 6.80. The number of hydrogen-bond donors (Lipinski definition) is 2. The highest BCUT2D eigenvalue weighted by atomic mass is 16.5. The van der Waals surface area contributed by atoms with Crippen LogP contribution in [0.25, 0.3) is 0 Å². The van der Waals surface area contributed by atoms with Crippen molar-refractivity contribution in [1.82, 2.24) is 20.6 Å². The zero-order valence-electron chi connectivity index (χ0n) is 16.0. The quantitative estimate of drug-likeness (QED) is 0.581. The predicted molar refractivity (Wildman–Crippen MR) is 108 cm³/mol. The van der Waals surface area contributed by atoms with Crippen LogP contribution in [0.4, 0.5) is 0 Å². The van der Waals surface area contributed by atoms with Gasteiger partial charge in [-0.15, -0.1) is 0 Å². The number of guanidine groups is 1. The van der Waals surface area contributed by atoms with E-state index in [4.69, 9.17) is 4.74 Å². The SMILES string of the molecule is CN=C(NCCc1ccccn1)NCc1ccnc(OC2CCCCC2)c1. The lowest BCUT2D eigenvalue weighted by molar-refractivity contribution is 0.148. The molecule has 6 nitrogen and oxygen atoms in total. The molecular formula is C21H29N5O. The largest absolute Gasteiger partial charge is 0.474 e. The summed E-state index contributed by atoms with van der Waals surface area (Å²) in [5, 5.41) is 6.66. The Labute approximate surface area is 161 Å². The Hall–Kier alpha value is -2.63. The van der Waals surface area contributed by atoms with E-state index in [9.17, 15) is 0 Å². The highest BCUT2D eigenvalue weighted by Crippen LogP contribution is 2.22. The van der Waals surface area contributed by atoms with Crippen molar-refractivity contribution >= 4 is 5.96 Å². The number of rotatable bonds is 7. The minimum absolute atomic E-state index is 0.315. The van der Waals surface area contributed by atoms with E-state index in [2.05, 4.69) is 25.6 Å². The smallest absolute Gasteiger partial charge is 0.213 e. The second kappa shape index (κ2) is 10.5. The number of aliphatic imine (C=N–C) groups is 1. The molecule has 2 aromatic rings. The normalized spacial score (nSPS) is 15.4. The molecule has 2 N–H and O–H groups in total. The fourth-order valence-electron chi connectivity index (χ4n) is 3.24. The summed E-state index contributed by atoms with van der Waals surface area (Å²) >= 11 is 0. The van der Waals surface area contributed by atoms with Gasteiger partial charge >= 0.3 is 0 Å². The van der Waals surface area contributed by atoms with Crippen molar-refractivity contribution in [1.29, 1.82) is 0 Å². The number of nitrogens with one attached hydrogen (secondary N) is 2. The molecule has 1 saturated carbocycles. The van der Waals surface area contributed by atoms with Crippen molar-refractivity contribution in [2.45, 2.75) is 51.2 Å². The van der Waals surface area contributed by atoms with Crippen LogP contribution >= 0.6 is 0 Å². The van der Waals surface area contributed by atoms with Crippen LogP contribution in [0.1, 0.15) is 43.4 Å². The first-order valence-electron chi connectivity index (χ1n) is 9.79. The first-order chi connectivity index (χ1) is 13.3. The van der Waals surface area contributed by atoms with Crippen molar-refractivity contribution in [3.05, 3.63) is 54.0 Å². The molecule has 0 aromatic carbocycles. The molecule has 0 atom stereocenters. The summed E-state index contributed by atoms with van der Waals surface area (Å²) < 4.78 is 6.05. The first kappa shape index (κ1) is 19.1. The second-order valence-corrected chi connectivity index (χ2v) is 6.80. The van der Waals surface area contributed by atoms with Gasteiger partial charge in [0.2, 0.25) is 5.88 Å². The van der Waals surface area contributed by atoms with Gasteiger partial charge in [0.15, 0.2) is 5.96 Å². The Morgan fingerprint density at radius 3 is 2.78 bits per heavy atom. The fourth-order valence-corrected chi connectivity index (χ4v) is 3.24. The Balaban J connectivity index is 1.44. The summed E-state index contributed by atoms with van der Waals surface area (Å²) in [6.07, 6.45) is 10.9. The molecule has 27 heavy (non-hydrogen) atoms. The van der Waals surface area contributed by atoms with Crippen molar-refractivity contribution in [3.63, 3.8) is 0 Å². The third-order valence-electron chi connectivity index (χ3n) is 4.72. The molecule has 1 fully saturated rings. The maximum Gasteiger partial charge on any atom is 0.213 e. The molecule has 2 aromatic heterocycles. The summed E-state index contributed by atoms with van der Waals surface area (Å²) in [5.74, 6) is 1.50. The van der Waals surface area contributed by atoms with E-state index in [1.165, 1.54) is 19.3 Å². The van der Waals surface area contributed by atoms with Gasteiger partial charge in [-0.25, -0.2) is 4.98 Å².